The summed E-state index contributed by atoms with van der Waals surface area (Å²) in [5.41, 5.74) is 2.22. The zero-order valence-electron chi connectivity index (χ0n) is 15.3. The van der Waals surface area contributed by atoms with Gasteiger partial charge in [0.15, 0.2) is 5.75 Å². The van der Waals surface area contributed by atoms with Gasteiger partial charge in [-0.3, -0.25) is 10.1 Å². The molecule has 0 fully saturated rings. The Morgan fingerprint density at radius 2 is 1.90 bits per heavy atom. The molecule has 0 saturated carbocycles. The van der Waals surface area contributed by atoms with Gasteiger partial charge in [0.2, 0.25) is 0 Å². The second-order valence-electron chi connectivity index (χ2n) is 6.21. The second kappa shape index (κ2) is 9.77. The summed E-state index contributed by atoms with van der Waals surface area (Å²) < 4.78 is 6.44. The van der Waals surface area contributed by atoms with Gasteiger partial charge in [-0.05, 0) is 63.0 Å². The summed E-state index contributed by atoms with van der Waals surface area (Å²) in [6.07, 6.45) is 1.61. The van der Waals surface area contributed by atoms with Crippen LogP contribution in [0.1, 0.15) is 16.7 Å². The van der Waals surface area contributed by atoms with Gasteiger partial charge in [0.25, 0.3) is 5.69 Å². The van der Waals surface area contributed by atoms with Crippen LogP contribution in [-0.2, 0) is 6.61 Å². The van der Waals surface area contributed by atoms with Crippen molar-refractivity contribution in [2.75, 3.05) is 0 Å². The van der Waals surface area contributed by atoms with Crippen LogP contribution in [0.5, 0.6) is 5.75 Å². The summed E-state index contributed by atoms with van der Waals surface area (Å²) in [4.78, 5) is 10.5. The number of nitro benzene ring substituents is 1. The molecule has 3 aromatic rings. The molecule has 0 unspecified atom stereocenters. The minimum Gasteiger partial charge on any atom is -0.486 e. The van der Waals surface area contributed by atoms with E-state index in [0.717, 1.165) is 5.56 Å². The van der Waals surface area contributed by atoms with Crippen LogP contribution >= 0.6 is 39.1 Å². The van der Waals surface area contributed by atoms with Crippen LogP contribution in [-0.4, -0.2) is 4.92 Å². The molecule has 0 atom stereocenters. The molecule has 0 aliphatic rings. The Morgan fingerprint density at radius 1 is 1.17 bits per heavy atom. The van der Waals surface area contributed by atoms with Crippen molar-refractivity contribution in [3.63, 3.8) is 0 Å². The standard InChI is InChI=1S/C22H13BrCl2N2O3/c23-20-9-15(8-17(12-26)16-2-1-3-19(11-16)27(28)29)10-21(25)22(20)30-13-14-4-6-18(24)7-5-14/h1-11H,13H2/b17-8-. The number of halogens is 3. The van der Waals surface area contributed by atoms with E-state index in [1.165, 1.54) is 18.2 Å². The van der Waals surface area contributed by atoms with E-state index in [9.17, 15) is 15.4 Å². The molecule has 0 N–H and O–H groups in total. The van der Waals surface area contributed by atoms with Crippen molar-refractivity contribution < 1.29 is 9.66 Å². The van der Waals surface area contributed by atoms with E-state index >= 15 is 0 Å². The lowest BCUT2D eigenvalue weighted by Crippen LogP contribution is -1.97. The SMILES string of the molecule is N#C/C(=C/c1cc(Cl)c(OCc2ccc(Cl)cc2)c(Br)c1)c1cccc([N+](=O)[O-])c1. The minimum atomic E-state index is -0.501. The summed E-state index contributed by atoms with van der Waals surface area (Å²) in [6.45, 7) is 0.307. The molecule has 0 bridgehead atoms. The highest BCUT2D eigenvalue weighted by Gasteiger charge is 2.12. The second-order valence-corrected chi connectivity index (χ2v) is 7.90. The van der Waals surface area contributed by atoms with Crippen molar-refractivity contribution in [2.24, 2.45) is 0 Å². The molecule has 0 aliphatic heterocycles. The van der Waals surface area contributed by atoms with E-state index < -0.39 is 4.92 Å². The summed E-state index contributed by atoms with van der Waals surface area (Å²) in [7, 11) is 0. The molecule has 8 heteroatoms. The predicted molar refractivity (Wildman–Crippen MR) is 122 cm³/mol. The highest BCUT2D eigenvalue weighted by atomic mass is 79.9. The van der Waals surface area contributed by atoms with Crippen molar-refractivity contribution in [1.29, 1.82) is 5.26 Å². The first kappa shape index (κ1) is 21.8. The lowest BCUT2D eigenvalue weighted by Gasteiger charge is -2.11. The van der Waals surface area contributed by atoms with Crippen LogP contribution in [0.2, 0.25) is 10.0 Å². The van der Waals surface area contributed by atoms with E-state index in [4.69, 9.17) is 27.9 Å². The largest absolute Gasteiger partial charge is 0.486 e. The third kappa shape index (κ3) is 5.39. The van der Waals surface area contributed by atoms with Crippen LogP contribution in [0.15, 0.2) is 65.1 Å². The Morgan fingerprint density at radius 3 is 2.53 bits per heavy atom. The van der Waals surface area contributed by atoms with Crippen LogP contribution in [0, 0.1) is 21.4 Å². The van der Waals surface area contributed by atoms with Crippen molar-refractivity contribution >= 4 is 56.5 Å². The van der Waals surface area contributed by atoms with Crippen LogP contribution in [0.25, 0.3) is 11.6 Å². The Hall–Kier alpha value is -2.85. The van der Waals surface area contributed by atoms with E-state index in [0.29, 0.717) is 38.0 Å². The highest BCUT2D eigenvalue weighted by Crippen LogP contribution is 2.36. The number of hydrogen-bond donors (Lipinski definition) is 0. The van der Waals surface area contributed by atoms with Crippen LogP contribution in [0.3, 0.4) is 0 Å². The quantitative estimate of drug-likeness (QED) is 0.153. The Bertz CT molecular complexity index is 1150. The molecule has 0 aromatic heterocycles. The van der Waals surface area contributed by atoms with Gasteiger partial charge in [-0.25, -0.2) is 0 Å². The number of benzene rings is 3. The van der Waals surface area contributed by atoms with E-state index in [-0.39, 0.29) is 11.3 Å². The maximum atomic E-state index is 11.0. The van der Waals surface area contributed by atoms with Gasteiger partial charge in [0.05, 0.1) is 26.1 Å². The normalized spacial score (nSPS) is 11.1. The number of nitriles is 1. The topological polar surface area (TPSA) is 76.2 Å². The Kier molecular flexibility index (Phi) is 7.11. The molecule has 5 nitrogen and oxygen atoms in total. The summed E-state index contributed by atoms with van der Waals surface area (Å²) >= 11 is 15.7. The minimum absolute atomic E-state index is 0.0844. The van der Waals surface area contributed by atoms with Gasteiger partial charge in [-0.15, -0.1) is 0 Å². The van der Waals surface area contributed by atoms with Gasteiger partial charge in [0.1, 0.15) is 6.61 Å². The molecule has 150 valence electrons. The summed E-state index contributed by atoms with van der Waals surface area (Å²) in [5.74, 6) is 0.470. The lowest BCUT2D eigenvalue weighted by atomic mass is 10.0. The van der Waals surface area contributed by atoms with E-state index in [1.807, 2.05) is 12.1 Å². The molecule has 0 spiro atoms. The average molecular weight is 504 g/mol. The first-order valence-corrected chi connectivity index (χ1v) is 10.1. The molecular weight excluding hydrogens is 491 g/mol. The lowest BCUT2D eigenvalue weighted by molar-refractivity contribution is -0.384. The summed E-state index contributed by atoms with van der Waals surface area (Å²) in [5, 5.41) is 21.5. The Balaban J connectivity index is 1.86. The van der Waals surface area contributed by atoms with Gasteiger partial charge >= 0.3 is 0 Å². The van der Waals surface area contributed by atoms with Crippen molar-refractivity contribution in [3.05, 3.63) is 102 Å². The fourth-order valence-electron chi connectivity index (χ4n) is 2.67. The third-order valence-corrected chi connectivity index (χ3v) is 5.24. The van der Waals surface area contributed by atoms with Gasteiger partial charge in [0, 0.05) is 17.2 Å². The monoisotopic (exact) mass is 502 g/mol. The maximum absolute atomic E-state index is 11.0. The number of rotatable bonds is 6. The summed E-state index contributed by atoms with van der Waals surface area (Å²) in [6, 6.07) is 18.7. The zero-order chi connectivity index (χ0) is 21.7. The molecular formula is C22H13BrCl2N2O3. The smallest absolute Gasteiger partial charge is 0.270 e. The first-order chi connectivity index (χ1) is 14.4. The molecule has 0 radical (unpaired) electrons. The molecule has 3 rings (SSSR count). The molecule has 3 aromatic carbocycles. The number of nitro groups is 1. The fourth-order valence-corrected chi connectivity index (χ4v) is 3.79. The highest BCUT2D eigenvalue weighted by molar-refractivity contribution is 9.10. The van der Waals surface area contributed by atoms with Crippen molar-refractivity contribution in [2.45, 2.75) is 6.61 Å². The zero-order valence-corrected chi connectivity index (χ0v) is 18.4. The van der Waals surface area contributed by atoms with E-state index in [2.05, 4.69) is 22.0 Å². The molecule has 0 aliphatic carbocycles. The molecule has 0 amide bonds. The molecule has 0 heterocycles. The average Bonchev–Trinajstić information content (AvgIpc) is 2.72. The van der Waals surface area contributed by atoms with Crippen molar-refractivity contribution in [3.8, 4) is 11.8 Å². The fraction of sp³-hybridized carbons (Fsp3) is 0.0455. The van der Waals surface area contributed by atoms with Crippen LogP contribution in [0.4, 0.5) is 5.69 Å². The molecule has 0 saturated heterocycles. The van der Waals surface area contributed by atoms with Crippen molar-refractivity contribution in [1.82, 2.24) is 0 Å². The number of non-ortho nitro benzene ring substituents is 1. The van der Waals surface area contributed by atoms with Gasteiger partial charge < -0.3 is 4.74 Å². The number of ether oxygens (including phenoxy) is 1. The predicted octanol–water partition coefficient (Wildman–Crippen LogP) is 7.31. The van der Waals surface area contributed by atoms with Gasteiger partial charge in [-0.1, -0.05) is 47.5 Å². The number of nitrogens with zero attached hydrogens (tertiary/aromatic N) is 2. The maximum Gasteiger partial charge on any atom is 0.270 e. The molecule has 30 heavy (non-hydrogen) atoms. The Labute approximate surface area is 191 Å². The van der Waals surface area contributed by atoms with E-state index in [1.54, 1.807) is 36.4 Å². The number of hydrogen-bond acceptors (Lipinski definition) is 4. The first-order valence-electron chi connectivity index (χ1n) is 8.60. The van der Waals surface area contributed by atoms with Crippen LogP contribution < -0.4 is 4.74 Å². The number of allylic oxidation sites excluding steroid dienone is 1. The van der Waals surface area contributed by atoms with Gasteiger partial charge in [-0.2, -0.15) is 5.26 Å². The third-order valence-electron chi connectivity index (χ3n) is 4.12.